The van der Waals surface area contributed by atoms with Crippen LogP contribution in [0.1, 0.15) is 13.3 Å². The third kappa shape index (κ3) is 1.14. The molecule has 0 aromatic carbocycles. The Hall–Kier alpha value is -0.0800. The fourth-order valence-corrected chi connectivity index (χ4v) is 0.973. The van der Waals surface area contributed by atoms with E-state index >= 15 is 0 Å². The average Bonchev–Trinajstić information content (AvgIpc) is 1.87. The molecule has 0 radical (unpaired) electrons. The molecule has 0 amide bonds. The van der Waals surface area contributed by atoms with Crippen LogP contribution in [0.3, 0.4) is 0 Å². The number of hydrogen-bond donors (Lipinski definition) is 2. The van der Waals surface area contributed by atoms with E-state index in [4.69, 9.17) is 5.73 Å². The molecule has 0 unspecified atom stereocenters. The molecule has 1 heterocycles. The summed E-state index contributed by atoms with van der Waals surface area (Å²) >= 11 is 0. The summed E-state index contributed by atoms with van der Waals surface area (Å²) in [4.78, 5) is 0. The van der Waals surface area contributed by atoms with Gasteiger partial charge in [-0.3, -0.25) is 0 Å². The first-order valence-corrected chi connectivity index (χ1v) is 2.78. The van der Waals surface area contributed by atoms with Gasteiger partial charge in [0.1, 0.15) is 0 Å². The van der Waals surface area contributed by atoms with Gasteiger partial charge >= 0.3 is 0 Å². The van der Waals surface area contributed by atoms with Gasteiger partial charge in [-0.15, -0.1) is 0 Å². The van der Waals surface area contributed by atoms with Crippen LogP contribution in [-0.2, 0) is 0 Å². The number of nitrogens with two attached hydrogens (primary N) is 1. The Morgan fingerprint density at radius 1 is 1.71 bits per heavy atom. The molecule has 1 aliphatic rings. The van der Waals surface area contributed by atoms with Crippen LogP contribution in [0.2, 0.25) is 0 Å². The fraction of sp³-hybridized carbons (Fsp3) is 1.00. The maximum atomic E-state index is 5.56. The smallest absolute Gasteiger partial charge is 0.0180 e. The lowest BCUT2D eigenvalue weighted by atomic mass is 10.2. The predicted octanol–water partition coefficient (Wildman–Crippen LogP) is -0.305. The van der Waals surface area contributed by atoms with Crippen LogP contribution in [0, 0.1) is 0 Å². The first-order chi connectivity index (χ1) is 3.29. The van der Waals surface area contributed by atoms with E-state index in [1.165, 1.54) is 0 Å². The van der Waals surface area contributed by atoms with Gasteiger partial charge in [0.2, 0.25) is 0 Å². The van der Waals surface area contributed by atoms with Crippen molar-refractivity contribution in [1.29, 1.82) is 0 Å². The van der Waals surface area contributed by atoms with Gasteiger partial charge in [0.05, 0.1) is 0 Å². The van der Waals surface area contributed by atoms with Crippen LogP contribution in [0.25, 0.3) is 0 Å². The molecule has 2 nitrogen and oxygen atoms in total. The van der Waals surface area contributed by atoms with E-state index in [2.05, 4.69) is 12.2 Å². The Labute approximate surface area is 44.1 Å². The van der Waals surface area contributed by atoms with Crippen LogP contribution in [0.5, 0.6) is 0 Å². The maximum absolute atomic E-state index is 5.56. The van der Waals surface area contributed by atoms with Gasteiger partial charge in [0.25, 0.3) is 0 Å². The highest BCUT2D eigenvalue weighted by molar-refractivity contribution is 4.79. The van der Waals surface area contributed by atoms with Crippen molar-refractivity contribution < 1.29 is 0 Å². The van der Waals surface area contributed by atoms with E-state index in [1.807, 2.05) is 0 Å². The average molecular weight is 100 g/mol. The van der Waals surface area contributed by atoms with E-state index in [0.717, 1.165) is 13.0 Å². The monoisotopic (exact) mass is 100 g/mol. The number of rotatable bonds is 0. The Morgan fingerprint density at radius 3 is 2.57 bits per heavy atom. The highest BCUT2D eigenvalue weighted by Gasteiger charge is 2.15. The van der Waals surface area contributed by atoms with Crippen LogP contribution >= 0.6 is 0 Å². The van der Waals surface area contributed by atoms with Crippen LogP contribution in [-0.4, -0.2) is 18.6 Å². The van der Waals surface area contributed by atoms with Crippen molar-refractivity contribution in [2.75, 3.05) is 6.54 Å². The largest absolute Gasteiger partial charge is 0.326 e. The summed E-state index contributed by atoms with van der Waals surface area (Å²) in [5.74, 6) is 0. The van der Waals surface area contributed by atoms with Gasteiger partial charge in [-0.2, -0.15) is 0 Å². The summed E-state index contributed by atoms with van der Waals surface area (Å²) in [5, 5.41) is 3.24. The van der Waals surface area contributed by atoms with Gasteiger partial charge < -0.3 is 11.1 Å². The minimum absolute atomic E-state index is 0.412. The minimum atomic E-state index is 0.412. The van der Waals surface area contributed by atoms with Crippen molar-refractivity contribution >= 4 is 0 Å². The molecule has 42 valence electrons. The molecular formula is C5H12N2. The molecular weight excluding hydrogens is 88.1 g/mol. The van der Waals surface area contributed by atoms with Crippen molar-refractivity contribution in [3.63, 3.8) is 0 Å². The van der Waals surface area contributed by atoms with Gasteiger partial charge in [0, 0.05) is 18.6 Å². The van der Waals surface area contributed by atoms with Crippen molar-refractivity contribution in [3.8, 4) is 0 Å². The zero-order valence-electron chi connectivity index (χ0n) is 4.65. The molecule has 0 aromatic heterocycles. The highest BCUT2D eigenvalue weighted by Crippen LogP contribution is 2.01. The highest BCUT2D eigenvalue weighted by atomic mass is 15.0. The second kappa shape index (κ2) is 1.80. The molecule has 1 fully saturated rings. The third-order valence-electron chi connectivity index (χ3n) is 1.38. The Morgan fingerprint density at radius 2 is 2.43 bits per heavy atom. The normalized spacial score (nSPS) is 42.0. The van der Waals surface area contributed by atoms with E-state index in [-0.39, 0.29) is 0 Å². The lowest BCUT2D eigenvalue weighted by Crippen LogP contribution is -2.22. The number of hydrogen-bond acceptors (Lipinski definition) is 2. The quantitative estimate of drug-likeness (QED) is 0.438. The van der Waals surface area contributed by atoms with E-state index < -0.39 is 0 Å². The molecule has 7 heavy (non-hydrogen) atoms. The van der Waals surface area contributed by atoms with Crippen LogP contribution in [0.4, 0.5) is 0 Å². The lowest BCUT2D eigenvalue weighted by Gasteiger charge is -1.96. The third-order valence-corrected chi connectivity index (χ3v) is 1.38. The minimum Gasteiger partial charge on any atom is -0.326 e. The molecule has 3 N–H and O–H groups in total. The lowest BCUT2D eigenvalue weighted by molar-refractivity contribution is 0.657. The Kier molecular flexibility index (Phi) is 1.30. The molecule has 1 aliphatic heterocycles. The van der Waals surface area contributed by atoms with E-state index in [9.17, 15) is 0 Å². The second-order valence-electron chi connectivity index (χ2n) is 2.31. The van der Waals surface area contributed by atoms with Crippen molar-refractivity contribution in [3.05, 3.63) is 0 Å². The summed E-state index contributed by atoms with van der Waals surface area (Å²) in [5.41, 5.74) is 5.56. The van der Waals surface area contributed by atoms with Gasteiger partial charge in [-0.1, -0.05) is 0 Å². The molecule has 0 aromatic rings. The standard InChI is InChI=1S/C5H12N2/c1-4-2-5(6)3-7-4/h4-5,7H,2-3,6H2,1H3/t4-,5-/m1/s1. The SMILES string of the molecule is C[C@@H]1C[C@@H](N)CN1. The summed E-state index contributed by atoms with van der Waals surface area (Å²) < 4.78 is 0. The second-order valence-corrected chi connectivity index (χ2v) is 2.31. The summed E-state index contributed by atoms with van der Waals surface area (Å²) in [6.07, 6.45) is 1.14. The van der Waals surface area contributed by atoms with Gasteiger partial charge in [-0.25, -0.2) is 0 Å². The van der Waals surface area contributed by atoms with E-state index in [1.54, 1.807) is 0 Å². The Balaban J connectivity index is 2.26. The molecule has 0 spiro atoms. The maximum Gasteiger partial charge on any atom is 0.0180 e. The first-order valence-electron chi connectivity index (χ1n) is 2.78. The molecule has 2 atom stereocenters. The van der Waals surface area contributed by atoms with Gasteiger partial charge in [0.15, 0.2) is 0 Å². The first kappa shape index (κ1) is 5.06. The molecule has 1 rings (SSSR count). The number of nitrogens with one attached hydrogen (secondary N) is 1. The predicted molar refractivity (Wildman–Crippen MR) is 30.1 cm³/mol. The zero-order valence-corrected chi connectivity index (χ0v) is 4.65. The van der Waals surface area contributed by atoms with E-state index in [0.29, 0.717) is 12.1 Å². The molecule has 1 saturated heterocycles. The Bertz CT molecular complexity index is 55.1. The summed E-state index contributed by atoms with van der Waals surface area (Å²) in [6.45, 7) is 3.16. The molecule has 0 bridgehead atoms. The summed E-state index contributed by atoms with van der Waals surface area (Å²) in [7, 11) is 0. The zero-order chi connectivity index (χ0) is 5.28. The van der Waals surface area contributed by atoms with Gasteiger partial charge in [-0.05, 0) is 13.3 Å². The topological polar surface area (TPSA) is 38.0 Å². The van der Waals surface area contributed by atoms with Crippen LogP contribution < -0.4 is 11.1 Å². The van der Waals surface area contributed by atoms with Crippen molar-refractivity contribution in [2.45, 2.75) is 25.4 Å². The van der Waals surface area contributed by atoms with Crippen LogP contribution in [0.15, 0.2) is 0 Å². The van der Waals surface area contributed by atoms with Crippen molar-refractivity contribution in [1.82, 2.24) is 5.32 Å². The fourth-order valence-electron chi connectivity index (χ4n) is 0.973. The molecule has 0 aliphatic carbocycles. The summed E-state index contributed by atoms with van der Waals surface area (Å²) in [6, 6.07) is 1.06. The molecule has 2 heteroatoms. The molecule has 0 saturated carbocycles. The van der Waals surface area contributed by atoms with Crippen molar-refractivity contribution in [2.24, 2.45) is 5.73 Å².